The average Bonchev–Trinajstić information content (AvgIpc) is 3.59. The smallest absolute Gasteiger partial charge is 0.413 e. The van der Waals surface area contributed by atoms with Gasteiger partial charge in [0.2, 0.25) is 0 Å². The number of ketones is 1. The molecular weight excluding hydrogens is 931 g/mol. The number of fused-ring (bicyclic) bond motifs is 5. The number of amides is 1. The van der Waals surface area contributed by atoms with E-state index < -0.39 is 132 Å². The lowest BCUT2D eigenvalue weighted by Crippen LogP contribution is -2.82. The molecular formula is C54H73NO15Si. The van der Waals surface area contributed by atoms with E-state index in [9.17, 15) is 24.3 Å². The largest absolute Gasteiger partial charge is 0.456 e. The molecule has 0 aromatic heterocycles. The third-order valence-electron chi connectivity index (χ3n) is 16.3. The minimum atomic E-state index is -2.63. The highest BCUT2D eigenvalue weighted by Gasteiger charge is 2.79. The summed E-state index contributed by atoms with van der Waals surface area (Å²) >= 11 is 0. The summed E-state index contributed by atoms with van der Waals surface area (Å²) < 4.78 is 51.8. The fraction of sp³-hybridized carbons (Fsp3) is 0.630. The van der Waals surface area contributed by atoms with Crippen molar-refractivity contribution in [1.29, 1.82) is 0 Å². The summed E-state index contributed by atoms with van der Waals surface area (Å²) in [4.78, 5) is 88.8. The van der Waals surface area contributed by atoms with Crippen LogP contribution >= 0.6 is 0 Å². The van der Waals surface area contributed by atoms with E-state index in [0.717, 1.165) is 0 Å². The second-order valence-electron chi connectivity index (χ2n) is 22.2. The van der Waals surface area contributed by atoms with Crippen molar-refractivity contribution in [3.8, 4) is 0 Å². The lowest BCUT2D eigenvalue weighted by atomic mass is 9.44. The van der Waals surface area contributed by atoms with Gasteiger partial charge in [-0.05, 0) is 95.4 Å². The van der Waals surface area contributed by atoms with E-state index in [1.54, 1.807) is 123 Å². The van der Waals surface area contributed by atoms with E-state index in [2.05, 4.69) is 20.8 Å². The molecule has 2 heterocycles. The second-order valence-corrected chi connectivity index (χ2v) is 26.9. The van der Waals surface area contributed by atoms with Crippen LogP contribution in [0.3, 0.4) is 0 Å². The van der Waals surface area contributed by atoms with Crippen LogP contribution in [0, 0.1) is 16.7 Å². The van der Waals surface area contributed by atoms with E-state index in [1.165, 1.54) is 18.7 Å². The molecule has 2 aliphatic heterocycles. The Labute approximate surface area is 418 Å². The van der Waals surface area contributed by atoms with Crippen LogP contribution in [0.25, 0.3) is 0 Å². The van der Waals surface area contributed by atoms with Crippen molar-refractivity contribution in [1.82, 2.24) is 4.90 Å². The van der Waals surface area contributed by atoms with Crippen molar-refractivity contribution in [2.75, 3.05) is 6.61 Å². The molecule has 388 valence electrons. The number of Topliss-reactive ketones (excluding diaryl/α,β-unsaturated/α-hetero) is 1. The van der Waals surface area contributed by atoms with E-state index in [-0.39, 0.29) is 24.2 Å². The van der Waals surface area contributed by atoms with Gasteiger partial charge in [-0.1, -0.05) is 83.1 Å². The molecule has 2 saturated carbocycles. The number of hydrogen-bond donors (Lipinski definition) is 1. The Hall–Kier alpha value is -4.94. The van der Waals surface area contributed by atoms with Crippen LogP contribution in [0.4, 0.5) is 4.79 Å². The minimum Gasteiger partial charge on any atom is -0.456 e. The molecule has 2 saturated heterocycles. The second kappa shape index (κ2) is 19.2. The molecule has 2 aromatic carbocycles. The van der Waals surface area contributed by atoms with Gasteiger partial charge in [-0.2, -0.15) is 0 Å². The molecule has 71 heavy (non-hydrogen) atoms. The first kappa shape index (κ1) is 53.8. The summed E-state index contributed by atoms with van der Waals surface area (Å²) in [5, 5.41) is 14.2. The summed E-state index contributed by atoms with van der Waals surface area (Å²) in [5.74, 6) is -5.33. The zero-order valence-electron chi connectivity index (χ0n) is 43.7. The first-order valence-corrected chi connectivity index (χ1v) is 27.5. The van der Waals surface area contributed by atoms with Crippen LogP contribution in [0.2, 0.25) is 18.1 Å². The first-order chi connectivity index (χ1) is 33.1. The number of carbonyl (C=O) groups is 6. The van der Waals surface area contributed by atoms with Crippen LogP contribution < -0.4 is 0 Å². The van der Waals surface area contributed by atoms with Crippen LogP contribution in [0.1, 0.15) is 132 Å². The maximum absolute atomic E-state index is 16.4. The molecule has 2 aromatic rings. The van der Waals surface area contributed by atoms with Gasteiger partial charge in [-0.3, -0.25) is 19.3 Å². The molecule has 1 amide bonds. The number of aliphatic hydroxyl groups is 1. The van der Waals surface area contributed by atoms with Gasteiger partial charge in [0.15, 0.2) is 31.9 Å². The molecule has 7 rings (SSSR count). The van der Waals surface area contributed by atoms with Gasteiger partial charge in [0, 0.05) is 32.1 Å². The highest BCUT2D eigenvalue weighted by molar-refractivity contribution is 6.73. The van der Waals surface area contributed by atoms with Crippen LogP contribution in [-0.4, -0.2) is 120 Å². The molecule has 4 fully saturated rings. The van der Waals surface area contributed by atoms with Crippen molar-refractivity contribution < 1.29 is 71.5 Å². The Morgan fingerprint density at radius 1 is 0.845 bits per heavy atom. The highest BCUT2D eigenvalue weighted by atomic mass is 28.4. The van der Waals surface area contributed by atoms with Crippen molar-refractivity contribution >= 4 is 44.1 Å². The molecule has 5 aliphatic rings. The summed E-state index contributed by atoms with van der Waals surface area (Å²) in [7, 11) is -2.63. The lowest BCUT2D eigenvalue weighted by molar-refractivity contribution is -0.344. The molecule has 3 aliphatic carbocycles. The number of ether oxygens (including phenoxy) is 7. The normalized spacial score (nSPS) is 33.0. The Balaban J connectivity index is 1.47. The van der Waals surface area contributed by atoms with Gasteiger partial charge in [-0.15, -0.1) is 0 Å². The molecule has 17 heteroatoms. The van der Waals surface area contributed by atoms with Gasteiger partial charge in [0.1, 0.15) is 41.3 Å². The van der Waals surface area contributed by atoms with Gasteiger partial charge in [0.05, 0.1) is 29.6 Å². The monoisotopic (exact) mass is 1000 g/mol. The standard InChI is InChI=1S/C54H73NO15Si/c1-15-71(16-2,17-3)70-37-28-38-53(30-63-38,67-33(6)57)43-45(66-46(59)35-26-22-19-23-27-35)54(62)29-36(31(4)39(50(54,10)11)41(64-32(5)56)44(58)52(37,43)14)65-47(60)42-40(34-24-20-18-21-25-34)55(51(12,13)68-42)48(61)69-49(7,8)9/h18-27,36-38,40-43,45,62H,15-17,28-30H2,1-14H3/t36-,37-,38+,40-,41+,42+,43?,45?,52+,53-,54+/m0/s1. The number of carbonyl (C=O) groups excluding carboxylic acids is 6. The molecule has 1 N–H and O–H groups in total. The maximum atomic E-state index is 16.4. The number of nitrogens with zero attached hydrogens (tertiary/aromatic N) is 1. The Kier molecular flexibility index (Phi) is 14.5. The zero-order chi connectivity index (χ0) is 52.4. The number of hydrogen-bond acceptors (Lipinski definition) is 15. The number of esters is 4. The average molecular weight is 1000 g/mol. The third-order valence-corrected chi connectivity index (χ3v) is 20.9. The van der Waals surface area contributed by atoms with Gasteiger partial charge < -0.3 is 42.7 Å². The van der Waals surface area contributed by atoms with Crippen LogP contribution in [0.15, 0.2) is 71.8 Å². The topological polar surface area (TPSA) is 200 Å². The fourth-order valence-corrected chi connectivity index (χ4v) is 15.3. The summed E-state index contributed by atoms with van der Waals surface area (Å²) in [6.07, 6.45) is -9.21. The zero-order valence-corrected chi connectivity index (χ0v) is 44.7. The van der Waals surface area contributed by atoms with Crippen molar-refractivity contribution in [2.45, 2.75) is 193 Å². The summed E-state index contributed by atoms with van der Waals surface area (Å²) in [6.45, 7) is 23.5. The number of benzene rings is 2. The summed E-state index contributed by atoms with van der Waals surface area (Å²) in [5.41, 5.74) is -8.64. The van der Waals surface area contributed by atoms with Gasteiger partial charge >= 0.3 is 30.0 Å². The van der Waals surface area contributed by atoms with Crippen molar-refractivity contribution in [3.05, 3.63) is 82.9 Å². The Bertz CT molecular complexity index is 2420. The Morgan fingerprint density at radius 2 is 1.44 bits per heavy atom. The minimum absolute atomic E-state index is 0.0909. The predicted octanol–water partition coefficient (Wildman–Crippen LogP) is 8.35. The highest BCUT2D eigenvalue weighted by Crippen LogP contribution is 2.65. The summed E-state index contributed by atoms with van der Waals surface area (Å²) in [6, 6.07) is 18.1. The van der Waals surface area contributed by atoms with Gasteiger partial charge in [-0.25, -0.2) is 14.4 Å². The lowest BCUT2D eigenvalue weighted by Gasteiger charge is -2.68. The van der Waals surface area contributed by atoms with Crippen molar-refractivity contribution in [2.24, 2.45) is 16.7 Å². The van der Waals surface area contributed by atoms with Gasteiger partial charge in [0.25, 0.3) is 0 Å². The molecule has 0 spiro atoms. The molecule has 2 unspecified atom stereocenters. The fourth-order valence-electron chi connectivity index (χ4n) is 12.4. The first-order valence-electron chi connectivity index (χ1n) is 24.9. The maximum Gasteiger partial charge on any atom is 0.413 e. The molecule has 16 nitrogen and oxygen atoms in total. The number of rotatable bonds is 12. The van der Waals surface area contributed by atoms with Crippen LogP contribution in [-0.2, 0) is 56.8 Å². The quantitative estimate of drug-likeness (QED) is 0.0920. The van der Waals surface area contributed by atoms with E-state index in [0.29, 0.717) is 29.3 Å². The van der Waals surface area contributed by atoms with E-state index in [4.69, 9.17) is 37.6 Å². The Morgan fingerprint density at radius 3 is 1.96 bits per heavy atom. The van der Waals surface area contributed by atoms with Crippen molar-refractivity contribution in [3.63, 3.8) is 0 Å². The SMILES string of the molecule is CC[Si](CC)(CC)O[C@H]1C[C@H]2OC[C@@]2(OC(C)=O)C2C(OC(=O)c3ccccc3)[C@]3(O)C[C@H](OC(=O)[C@@H]4OC(C)(C)N(C(=O)OC(C)(C)C)[C@H]4c4ccccc4)C(C)=C([C@@H](OC(C)=O)C(=O)[C@@]21C)C3(C)C. The molecule has 11 atom stereocenters. The van der Waals surface area contributed by atoms with E-state index >= 15 is 9.59 Å². The van der Waals surface area contributed by atoms with Crippen LogP contribution in [0.5, 0.6) is 0 Å². The molecule has 2 bridgehead atoms. The van der Waals surface area contributed by atoms with E-state index in [1.807, 2.05) is 0 Å². The third kappa shape index (κ3) is 9.16. The molecule has 0 radical (unpaired) electrons. The predicted molar refractivity (Wildman–Crippen MR) is 261 cm³/mol.